The summed E-state index contributed by atoms with van der Waals surface area (Å²) in [5.41, 5.74) is 1.42. The number of nitrogens with one attached hydrogen (secondary N) is 1. The summed E-state index contributed by atoms with van der Waals surface area (Å²) in [7, 11) is 1.70. The standard InChI is InChI=1S/C22H26N4O4/c1-16(17-8-6-12-20(14-17)26(29)30)24(2)21(27)18-9-7-13-25(15-18)22(28)23-19-10-4-3-5-11-19/h3-6,8,10-12,14,16,18H,7,9,13,15H2,1-2H3,(H,23,28)/t16-,18+/m0/s1. The van der Waals surface area contributed by atoms with Gasteiger partial charge in [0.05, 0.1) is 16.9 Å². The molecule has 0 radical (unpaired) electrons. The number of rotatable bonds is 5. The van der Waals surface area contributed by atoms with Crippen LogP contribution in [0.2, 0.25) is 0 Å². The number of nitro groups is 1. The number of carbonyl (C=O) groups excluding carboxylic acids is 2. The van der Waals surface area contributed by atoms with Gasteiger partial charge in [-0.15, -0.1) is 0 Å². The number of carbonyl (C=O) groups is 2. The van der Waals surface area contributed by atoms with E-state index >= 15 is 0 Å². The SMILES string of the molecule is C[C@@H](c1cccc([N+](=O)[O-])c1)N(C)C(=O)[C@@H]1CCCN(C(=O)Nc2ccccc2)C1. The maximum atomic E-state index is 13.1. The summed E-state index contributed by atoms with van der Waals surface area (Å²) in [4.78, 5) is 39.6. The van der Waals surface area contributed by atoms with Crippen LogP contribution in [-0.2, 0) is 4.79 Å². The van der Waals surface area contributed by atoms with Gasteiger partial charge in [-0.25, -0.2) is 4.79 Å². The van der Waals surface area contributed by atoms with Crippen molar-refractivity contribution in [2.45, 2.75) is 25.8 Å². The molecule has 8 nitrogen and oxygen atoms in total. The Bertz CT molecular complexity index is 918. The minimum absolute atomic E-state index is 0.00150. The van der Waals surface area contributed by atoms with E-state index in [9.17, 15) is 19.7 Å². The molecule has 2 aromatic carbocycles. The predicted molar refractivity (Wildman–Crippen MR) is 114 cm³/mol. The highest BCUT2D eigenvalue weighted by Crippen LogP contribution is 2.27. The molecule has 1 fully saturated rings. The van der Waals surface area contributed by atoms with Crippen molar-refractivity contribution in [1.29, 1.82) is 0 Å². The van der Waals surface area contributed by atoms with Crippen LogP contribution in [0.3, 0.4) is 0 Å². The summed E-state index contributed by atoms with van der Waals surface area (Å²) < 4.78 is 0. The Kier molecular flexibility index (Phi) is 6.66. The molecule has 1 N–H and O–H groups in total. The van der Waals surface area contributed by atoms with Gasteiger partial charge in [0.1, 0.15) is 0 Å². The smallest absolute Gasteiger partial charge is 0.321 e. The maximum Gasteiger partial charge on any atom is 0.321 e. The number of non-ortho nitro benzene ring substituents is 1. The summed E-state index contributed by atoms with van der Waals surface area (Å²) in [6.45, 7) is 2.80. The van der Waals surface area contributed by atoms with Gasteiger partial charge in [-0.05, 0) is 37.5 Å². The van der Waals surface area contributed by atoms with E-state index in [-0.39, 0.29) is 29.6 Å². The second kappa shape index (κ2) is 9.39. The average Bonchev–Trinajstić information content (AvgIpc) is 2.78. The maximum absolute atomic E-state index is 13.1. The highest BCUT2D eigenvalue weighted by atomic mass is 16.6. The third kappa shape index (κ3) is 4.94. The zero-order chi connectivity index (χ0) is 21.7. The van der Waals surface area contributed by atoms with E-state index in [1.807, 2.05) is 37.3 Å². The Morgan fingerprint density at radius 2 is 1.93 bits per heavy atom. The summed E-state index contributed by atoms with van der Waals surface area (Å²) in [6, 6.07) is 15.0. The quantitative estimate of drug-likeness (QED) is 0.594. The van der Waals surface area contributed by atoms with E-state index in [2.05, 4.69) is 5.32 Å². The van der Waals surface area contributed by atoms with Crippen LogP contribution in [0.4, 0.5) is 16.2 Å². The molecule has 1 aliphatic rings. The molecule has 3 amide bonds. The summed E-state index contributed by atoms with van der Waals surface area (Å²) in [6.07, 6.45) is 1.46. The largest absolute Gasteiger partial charge is 0.339 e. The Balaban J connectivity index is 1.64. The number of urea groups is 1. The van der Waals surface area contributed by atoms with Crippen LogP contribution in [0, 0.1) is 16.0 Å². The Labute approximate surface area is 175 Å². The number of nitro benzene ring substituents is 1. The van der Waals surface area contributed by atoms with E-state index < -0.39 is 4.92 Å². The van der Waals surface area contributed by atoms with E-state index in [1.165, 1.54) is 12.1 Å². The number of amides is 3. The third-order valence-corrected chi connectivity index (χ3v) is 5.57. The van der Waals surface area contributed by atoms with Gasteiger partial charge in [-0.2, -0.15) is 0 Å². The minimum Gasteiger partial charge on any atom is -0.339 e. The lowest BCUT2D eigenvalue weighted by Crippen LogP contribution is -2.47. The van der Waals surface area contributed by atoms with Gasteiger partial charge in [0, 0.05) is 38.0 Å². The van der Waals surface area contributed by atoms with E-state index in [0.717, 1.165) is 6.42 Å². The number of benzene rings is 2. The molecular formula is C22H26N4O4. The Morgan fingerprint density at radius 1 is 1.20 bits per heavy atom. The topological polar surface area (TPSA) is 95.8 Å². The van der Waals surface area contributed by atoms with Crippen LogP contribution in [0.15, 0.2) is 54.6 Å². The van der Waals surface area contributed by atoms with Gasteiger partial charge in [-0.3, -0.25) is 14.9 Å². The molecule has 1 heterocycles. The number of nitrogens with zero attached hydrogens (tertiary/aromatic N) is 3. The second-order valence-corrected chi connectivity index (χ2v) is 7.56. The van der Waals surface area contributed by atoms with Gasteiger partial charge in [-0.1, -0.05) is 30.3 Å². The lowest BCUT2D eigenvalue weighted by molar-refractivity contribution is -0.384. The molecule has 30 heavy (non-hydrogen) atoms. The molecule has 2 aromatic rings. The summed E-state index contributed by atoms with van der Waals surface area (Å²) in [5, 5.41) is 13.9. The lowest BCUT2D eigenvalue weighted by atomic mass is 9.95. The minimum atomic E-state index is -0.442. The fraction of sp³-hybridized carbons (Fsp3) is 0.364. The van der Waals surface area contributed by atoms with Gasteiger partial charge < -0.3 is 15.1 Å². The van der Waals surface area contributed by atoms with Gasteiger partial charge in [0.25, 0.3) is 5.69 Å². The van der Waals surface area contributed by atoms with Crippen molar-refractivity contribution in [3.8, 4) is 0 Å². The third-order valence-electron chi connectivity index (χ3n) is 5.57. The molecule has 0 aliphatic carbocycles. The van der Waals surface area contributed by atoms with Crippen molar-refractivity contribution >= 4 is 23.3 Å². The number of para-hydroxylation sites is 1. The van der Waals surface area contributed by atoms with E-state index in [1.54, 1.807) is 29.0 Å². The molecule has 0 unspecified atom stereocenters. The first-order chi connectivity index (χ1) is 14.4. The fourth-order valence-electron chi connectivity index (χ4n) is 3.69. The molecule has 158 valence electrons. The number of hydrogen-bond donors (Lipinski definition) is 1. The second-order valence-electron chi connectivity index (χ2n) is 7.56. The molecule has 0 aromatic heterocycles. The number of likely N-dealkylation sites (tertiary alicyclic amines) is 1. The van der Waals surface area contributed by atoms with Crippen LogP contribution in [-0.4, -0.2) is 46.8 Å². The number of anilines is 1. The average molecular weight is 410 g/mol. The molecular weight excluding hydrogens is 384 g/mol. The molecule has 1 saturated heterocycles. The lowest BCUT2D eigenvalue weighted by Gasteiger charge is -2.35. The highest BCUT2D eigenvalue weighted by molar-refractivity contribution is 5.90. The molecule has 0 saturated carbocycles. The monoisotopic (exact) mass is 410 g/mol. The highest BCUT2D eigenvalue weighted by Gasteiger charge is 2.32. The first-order valence-electron chi connectivity index (χ1n) is 9.99. The van der Waals surface area contributed by atoms with Crippen LogP contribution in [0.25, 0.3) is 0 Å². The van der Waals surface area contributed by atoms with Gasteiger partial charge in [0.2, 0.25) is 5.91 Å². The summed E-state index contributed by atoms with van der Waals surface area (Å²) >= 11 is 0. The molecule has 3 rings (SSSR count). The predicted octanol–water partition coefficient (Wildman–Crippen LogP) is 4.06. The molecule has 0 bridgehead atoms. The van der Waals surface area contributed by atoms with Crippen molar-refractivity contribution < 1.29 is 14.5 Å². The molecule has 8 heteroatoms. The van der Waals surface area contributed by atoms with Crippen molar-refractivity contribution in [3.05, 3.63) is 70.3 Å². The number of piperidine rings is 1. The van der Waals surface area contributed by atoms with Gasteiger partial charge in [0.15, 0.2) is 0 Å². The molecule has 1 aliphatic heterocycles. The van der Waals surface area contributed by atoms with Crippen molar-refractivity contribution in [2.24, 2.45) is 5.92 Å². The summed E-state index contributed by atoms with van der Waals surface area (Å²) in [5.74, 6) is -0.363. The first kappa shape index (κ1) is 21.3. The zero-order valence-corrected chi connectivity index (χ0v) is 17.2. The fourth-order valence-corrected chi connectivity index (χ4v) is 3.69. The van der Waals surface area contributed by atoms with Crippen molar-refractivity contribution in [1.82, 2.24) is 9.80 Å². The van der Waals surface area contributed by atoms with Crippen LogP contribution < -0.4 is 5.32 Å². The Hall–Kier alpha value is -3.42. The van der Waals surface area contributed by atoms with Crippen LogP contribution >= 0.6 is 0 Å². The zero-order valence-electron chi connectivity index (χ0n) is 17.2. The van der Waals surface area contributed by atoms with Crippen molar-refractivity contribution in [3.63, 3.8) is 0 Å². The Morgan fingerprint density at radius 3 is 2.63 bits per heavy atom. The van der Waals surface area contributed by atoms with Gasteiger partial charge >= 0.3 is 6.03 Å². The van der Waals surface area contributed by atoms with E-state index in [0.29, 0.717) is 30.8 Å². The van der Waals surface area contributed by atoms with Crippen LogP contribution in [0.1, 0.15) is 31.4 Å². The van der Waals surface area contributed by atoms with E-state index in [4.69, 9.17) is 0 Å². The molecule has 2 atom stereocenters. The first-order valence-corrected chi connectivity index (χ1v) is 9.99. The van der Waals surface area contributed by atoms with Crippen molar-refractivity contribution in [2.75, 3.05) is 25.5 Å². The number of hydrogen-bond acceptors (Lipinski definition) is 4. The molecule has 0 spiro atoms. The van der Waals surface area contributed by atoms with Crippen LogP contribution in [0.5, 0.6) is 0 Å². The normalized spacial score (nSPS) is 17.1.